The normalized spacial score (nSPS) is 17.7. The summed E-state index contributed by atoms with van der Waals surface area (Å²) in [5, 5.41) is 14.0. The number of thiophene rings is 1. The summed E-state index contributed by atoms with van der Waals surface area (Å²) in [6.07, 6.45) is 2.40. The van der Waals surface area contributed by atoms with Crippen LogP contribution in [-0.4, -0.2) is 11.0 Å². The highest BCUT2D eigenvalue weighted by atomic mass is 35.5. The first-order valence-corrected chi connectivity index (χ1v) is 5.97. The number of nitro groups is 1. The number of halogens is 1. The van der Waals surface area contributed by atoms with Gasteiger partial charge in [-0.1, -0.05) is 11.6 Å². The lowest BCUT2D eigenvalue weighted by Crippen LogP contribution is -2.19. The predicted octanol–water partition coefficient (Wildman–Crippen LogP) is 3.12. The van der Waals surface area contributed by atoms with Gasteiger partial charge in [0.1, 0.15) is 0 Å². The fourth-order valence-corrected chi connectivity index (χ4v) is 2.65. The van der Waals surface area contributed by atoms with Crippen molar-refractivity contribution in [1.29, 1.82) is 0 Å². The molecule has 0 amide bonds. The summed E-state index contributed by atoms with van der Waals surface area (Å²) in [5.74, 6) is 0. The Morgan fingerprint density at radius 2 is 2.40 bits per heavy atom. The molecule has 82 valence electrons. The second-order valence-electron chi connectivity index (χ2n) is 3.73. The summed E-state index contributed by atoms with van der Waals surface area (Å²) in [4.78, 5) is 11.1. The molecule has 1 aliphatic carbocycles. The molecule has 15 heavy (non-hydrogen) atoms. The van der Waals surface area contributed by atoms with Crippen LogP contribution < -0.4 is 5.32 Å². The Balaban J connectivity index is 2.13. The molecule has 1 N–H and O–H groups in total. The summed E-state index contributed by atoms with van der Waals surface area (Å²) in [5.41, 5.74) is 0.0149. The van der Waals surface area contributed by atoms with E-state index in [0.717, 1.165) is 4.88 Å². The van der Waals surface area contributed by atoms with Gasteiger partial charge >= 0.3 is 0 Å². The van der Waals surface area contributed by atoms with Gasteiger partial charge in [-0.25, -0.2) is 0 Å². The molecule has 1 fully saturated rings. The number of nitrogens with one attached hydrogen (secondary N) is 1. The zero-order valence-corrected chi connectivity index (χ0v) is 9.77. The maximum Gasteiger partial charge on any atom is 0.299 e. The van der Waals surface area contributed by atoms with Crippen molar-refractivity contribution in [2.24, 2.45) is 0 Å². The largest absolute Gasteiger partial charge is 0.307 e. The Morgan fingerprint density at radius 3 is 2.87 bits per heavy atom. The number of nitrogens with zero attached hydrogens (tertiary/aromatic N) is 1. The van der Waals surface area contributed by atoms with Crippen LogP contribution in [0.5, 0.6) is 0 Å². The molecule has 1 aliphatic rings. The first-order valence-electron chi connectivity index (χ1n) is 4.77. The average molecular weight is 247 g/mol. The van der Waals surface area contributed by atoms with Crippen LogP contribution in [-0.2, 0) is 0 Å². The van der Waals surface area contributed by atoms with E-state index < -0.39 is 4.92 Å². The van der Waals surface area contributed by atoms with E-state index in [1.54, 1.807) is 6.07 Å². The topological polar surface area (TPSA) is 55.2 Å². The van der Waals surface area contributed by atoms with E-state index in [1.807, 2.05) is 6.92 Å². The molecule has 1 atom stereocenters. The first kappa shape index (κ1) is 10.9. The second-order valence-corrected chi connectivity index (χ2v) is 5.41. The molecule has 2 rings (SSSR count). The van der Waals surface area contributed by atoms with Gasteiger partial charge in [0.25, 0.3) is 5.69 Å². The molecule has 1 saturated carbocycles. The van der Waals surface area contributed by atoms with Gasteiger partial charge in [-0.2, -0.15) is 0 Å². The minimum absolute atomic E-state index is 0.0149. The Hall–Kier alpha value is -0.650. The standard InChI is InChI=1S/C9H11ClN2O2S/c1-5(11-6-2-3-6)8-4-7(12(13)14)9(10)15-8/h4-6,11H,2-3H2,1H3. The quantitative estimate of drug-likeness (QED) is 0.656. The third kappa shape index (κ3) is 2.48. The van der Waals surface area contributed by atoms with E-state index in [2.05, 4.69) is 5.32 Å². The predicted molar refractivity (Wildman–Crippen MR) is 60.6 cm³/mol. The molecule has 0 aliphatic heterocycles. The fourth-order valence-electron chi connectivity index (χ4n) is 1.40. The molecular formula is C9H11ClN2O2S. The Morgan fingerprint density at radius 1 is 1.73 bits per heavy atom. The van der Waals surface area contributed by atoms with E-state index in [0.29, 0.717) is 6.04 Å². The number of hydrogen-bond donors (Lipinski definition) is 1. The van der Waals surface area contributed by atoms with Crippen LogP contribution in [0.25, 0.3) is 0 Å². The zero-order valence-electron chi connectivity index (χ0n) is 8.20. The van der Waals surface area contributed by atoms with E-state index in [4.69, 9.17) is 11.6 Å². The molecule has 0 spiro atoms. The average Bonchev–Trinajstić information content (AvgIpc) is 2.86. The maximum atomic E-state index is 10.6. The maximum absolute atomic E-state index is 10.6. The number of hydrogen-bond acceptors (Lipinski definition) is 4. The van der Waals surface area contributed by atoms with Gasteiger partial charge in [0.05, 0.1) is 4.92 Å². The van der Waals surface area contributed by atoms with Gasteiger partial charge in [-0.15, -0.1) is 11.3 Å². The minimum Gasteiger partial charge on any atom is -0.307 e. The molecule has 0 saturated heterocycles. The van der Waals surface area contributed by atoms with Gasteiger partial charge in [0.2, 0.25) is 0 Å². The van der Waals surface area contributed by atoms with Crippen molar-refractivity contribution < 1.29 is 4.92 Å². The smallest absolute Gasteiger partial charge is 0.299 e. The van der Waals surface area contributed by atoms with Crippen LogP contribution in [0.1, 0.15) is 30.7 Å². The van der Waals surface area contributed by atoms with Gasteiger partial charge in [0.15, 0.2) is 4.34 Å². The second kappa shape index (κ2) is 4.08. The summed E-state index contributed by atoms with van der Waals surface area (Å²) in [6.45, 7) is 2.00. The molecule has 0 aromatic carbocycles. The van der Waals surface area contributed by atoms with Crippen LogP contribution in [0.2, 0.25) is 4.34 Å². The van der Waals surface area contributed by atoms with Crippen molar-refractivity contribution in [2.75, 3.05) is 0 Å². The first-order chi connectivity index (χ1) is 7.08. The van der Waals surface area contributed by atoms with Crippen LogP contribution in [0.15, 0.2) is 6.07 Å². The highest BCUT2D eigenvalue weighted by Gasteiger charge is 2.26. The Kier molecular flexibility index (Phi) is 2.95. The van der Waals surface area contributed by atoms with Crippen LogP contribution >= 0.6 is 22.9 Å². The molecule has 1 heterocycles. The van der Waals surface area contributed by atoms with Crippen molar-refractivity contribution >= 4 is 28.6 Å². The number of rotatable bonds is 4. The van der Waals surface area contributed by atoms with Crippen molar-refractivity contribution in [1.82, 2.24) is 5.32 Å². The molecule has 0 bridgehead atoms. The molecule has 1 unspecified atom stereocenters. The third-order valence-electron chi connectivity index (χ3n) is 2.37. The lowest BCUT2D eigenvalue weighted by Gasteiger charge is -2.09. The minimum atomic E-state index is -0.438. The van der Waals surface area contributed by atoms with Gasteiger partial charge in [-0.3, -0.25) is 10.1 Å². The fraction of sp³-hybridized carbons (Fsp3) is 0.556. The highest BCUT2D eigenvalue weighted by molar-refractivity contribution is 7.16. The van der Waals surface area contributed by atoms with E-state index in [9.17, 15) is 10.1 Å². The van der Waals surface area contributed by atoms with Crippen molar-refractivity contribution in [3.05, 3.63) is 25.4 Å². The summed E-state index contributed by atoms with van der Waals surface area (Å²) >= 11 is 7.07. The Bertz CT molecular complexity index is 389. The summed E-state index contributed by atoms with van der Waals surface area (Å²) in [6, 6.07) is 2.29. The highest BCUT2D eigenvalue weighted by Crippen LogP contribution is 2.37. The van der Waals surface area contributed by atoms with Crippen LogP contribution in [0.3, 0.4) is 0 Å². The van der Waals surface area contributed by atoms with Gasteiger partial charge < -0.3 is 5.32 Å². The van der Waals surface area contributed by atoms with E-state index >= 15 is 0 Å². The SMILES string of the molecule is CC(NC1CC1)c1cc([N+](=O)[O-])c(Cl)s1. The lowest BCUT2D eigenvalue weighted by atomic mass is 10.2. The van der Waals surface area contributed by atoms with E-state index in [1.165, 1.54) is 24.2 Å². The molecule has 6 heteroatoms. The van der Waals surface area contributed by atoms with E-state index in [-0.39, 0.29) is 16.1 Å². The van der Waals surface area contributed by atoms with Crippen LogP contribution in [0, 0.1) is 10.1 Å². The lowest BCUT2D eigenvalue weighted by molar-refractivity contribution is -0.384. The summed E-state index contributed by atoms with van der Waals surface area (Å²) in [7, 11) is 0. The van der Waals surface area contributed by atoms with Crippen LogP contribution in [0.4, 0.5) is 5.69 Å². The molecule has 1 aromatic rings. The van der Waals surface area contributed by atoms with Gasteiger partial charge in [0, 0.05) is 23.0 Å². The molecule has 1 aromatic heterocycles. The third-order valence-corrected chi connectivity index (χ3v) is 3.89. The molecular weight excluding hydrogens is 236 g/mol. The van der Waals surface area contributed by atoms with Crippen molar-refractivity contribution in [3.8, 4) is 0 Å². The van der Waals surface area contributed by atoms with Crippen molar-refractivity contribution in [3.63, 3.8) is 0 Å². The Labute approximate surface area is 96.4 Å². The summed E-state index contributed by atoms with van der Waals surface area (Å²) < 4.78 is 0.263. The van der Waals surface area contributed by atoms with Gasteiger partial charge in [-0.05, 0) is 19.8 Å². The molecule has 4 nitrogen and oxygen atoms in total. The van der Waals surface area contributed by atoms with Crippen molar-refractivity contribution in [2.45, 2.75) is 31.8 Å². The zero-order chi connectivity index (χ0) is 11.0. The molecule has 0 radical (unpaired) electrons. The monoisotopic (exact) mass is 246 g/mol.